The van der Waals surface area contributed by atoms with Crippen molar-refractivity contribution in [1.29, 1.82) is 0 Å². The molecule has 2 rings (SSSR count). The van der Waals surface area contributed by atoms with Crippen molar-refractivity contribution in [1.82, 2.24) is 5.32 Å². The molecule has 1 aromatic rings. The highest BCUT2D eigenvalue weighted by Gasteiger charge is 2.28. The Kier molecular flexibility index (Phi) is 5.76. The fourth-order valence-electron chi connectivity index (χ4n) is 2.58. The van der Waals surface area contributed by atoms with Crippen LogP contribution in [0.3, 0.4) is 0 Å². The number of carbonyl (C=O) groups excluding carboxylic acids is 1. The average Bonchev–Trinajstić information content (AvgIpc) is 2.91. The van der Waals surface area contributed by atoms with E-state index in [9.17, 15) is 4.79 Å². The molecule has 116 valence electrons. The Morgan fingerprint density at radius 2 is 2.24 bits per heavy atom. The van der Waals surface area contributed by atoms with E-state index < -0.39 is 0 Å². The lowest BCUT2D eigenvalue weighted by Gasteiger charge is -2.16. The van der Waals surface area contributed by atoms with Gasteiger partial charge in [-0.2, -0.15) is 0 Å². The van der Waals surface area contributed by atoms with Gasteiger partial charge in [0.15, 0.2) is 0 Å². The highest BCUT2D eigenvalue weighted by atomic mass is 16.5. The number of benzene rings is 1. The van der Waals surface area contributed by atoms with E-state index in [-0.39, 0.29) is 24.2 Å². The lowest BCUT2D eigenvalue weighted by Crippen LogP contribution is -2.27. The average molecular weight is 290 g/mol. The van der Waals surface area contributed by atoms with Crippen molar-refractivity contribution in [3.8, 4) is 0 Å². The second-order valence-electron chi connectivity index (χ2n) is 5.80. The van der Waals surface area contributed by atoms with E-state index in [1.165, 1.54) is 5.56 Å². The summed E-state index contributed by atoms with van der Waals surface area (Å²) < 4.78 is 5.60. The maximum atomic E-state index is 12.2. The van der Waals surface area contributed by atoms with E-state index in [1.807, 2.05) is 25.1 Å². The lowest BCUT2D eigenvalue weighted by atomic mass is 10.1. The Bertz CT molecular complexity index is 476. The first kappa shape index (κ1) is 16.0. The van der Waals surface area contributed by atoms with E-state index in [4.69, 9.17) is 4.74 Å². The normalized spacial score (nSPS) is 23.0. The van der Waals surface area contributed by atoms with Gasteiger partial charge in [-0.25, -0.2) is 0 Å². The van der Waals surface area contributed by atoms with E-state index in [0.717, 1.165) is 31.5 Å². The number of hydrogen-bond acceptors (Lipinski definition) is 3. The molecule has 1 aromatic carbocycles. The molecule has 21 heavy (non-hydrogen) atoms. The van der Waals surface area contributed by atoms with Crippen molar-refractivity contribution in [2.24, 2.45) is 0 Å². The van der Waals surface area contributed by atoms with Crippen molar-refractivity contribution in [3.63, 3.8) is 0 Å². The van der Waals surface area contributed by atoms with Crippen LogP contribution >= 0.6 is 0 Å². The zero-order valence-electron chi connectivity index (χ0n) is 13.2. The zero-order valence-corrected chi connectivity index (χ0v) is 13.2. The molecule has 1 fully saturated rings. The predicted octanol–water partition coefficient (Wildman–Crippen LogP) is 3.25. The first-order chi connectivity index (χ1) is 10.1. The molecule has 1 saturated heterocycles. The van der Waals surface area contributed by atoms with Crippen LogP contribution in [0.2, 0.25) is 0 Å². The van der Waals surface area contributed by atoms with Crippen LogP contribution < -0.4 is 10.6 Å². The number of anilines is 1. The van der Waals surface area contributed by atoms with Gasteiger partial charge in [-0.05, 0) is 57.4 Å². The van der Waals surface area contributed by atoms with Crippen LogP contribution in [0.25, 0.3) is 0 Å². The second-order valence-corrected chi connectivity index (χ2v) is 5.80. The molecule has 0 spiro atoms. The van der Waals surface area contributed by atoms with Gasteiger partial charge < -0.3 is 15.4 Å². The highest BCUT2D eigenvalue weighted by molar-refractivity contribution is 5.94. The summed E-state index contributed by atoms with van der Waals surface area (Å²) in [7, 11) is 0. The first-order valence-electron chi connectivity index (χ1n) is 7.89. The summed E-state index contributed by atoms with van der Waals surface area (Å²) >= 11 is 0. The quantitative estimate of drug-likeness (QED) is 0.845. The molecule has 0 aromatic heterocycles. The number of ether oxygens (including phenoxy) is 1. The topological polar surface area (TPSA) is 50.4 Å². The Morgan fingerprint density at radius 3 is 2.90 bits per heavy atom. The maximum Gasteiger partial charge on any atom is 0.253 e. The van der Waals surface area contributed by atoms with Crippen LogP contribution in [0.5, 0.6) is 0 Å². The van der Waals surface area contributed by atoms with E-state index >= 15 is 0 Å². The fraction of sp³-hybridized carbons (Fsp3) is 0.588. The molecule has 1 aliphatic rings. The number of amides is 1. The Balaban J connectivity index is 1.95. The number of nitrogens with one attached hydrogen (secondary N) is 2. The number of hydrogen-bond donors (Lipinski definition) is 2. The molecule has 4 nitrogen and oxygen atoms in total. The van der Waals surface area contributed by atoms with Gasteiger partial charge in [-0.15, -0.1) is 0 Å². The first-order valence-corrected chi connectivity index (χ1v) is 7.89. The lowest BCUT2D eigenvalue weighted by molar-refractivity contribution is -0.126. The van der Waals surface area contributed by atoms with Gasteiger partial charge in [0, 0.05) is 11.7 Å². The predicted molar refractivity (Wildman–Crippen MR) is 85.3 cm³/mol. The van der Waals surface area contributed by atoms with Gasteiger partial charge in [-0.1, -0.05) is 19.1 Å². The van der Waals surface area contributed by atoms with Crippen LogP contribution in [-0.2, 0) is 9.53 Å². The van der Waals surface area contributed by atoms with Gasteiger partial charge in [-0.3, -0.25) is 4.79 Å². The molecule has 1 amide bonds. The van der Waals surface area contributed by atoms with Gasteiger partial charge in [0.05, 0.1) is 6.10 Å². The minimum atomic E-state index is -0.306. The summed E-state index contributed by atoms with van der Waals surface area (Å²) in [6.07, 6.45) is 2.75. The molecule has 0 bridgehead atoms. The summed E-state index contributed by atoms with van der Waals surface area (Å²) in [4.78, 5) is 12.2. The van der Waals surface area contributed by atoms with Crippen molar-refractivity contribution in [3.05, 3.63) is 29.8 Å². The van der Waals surface area contributed by atoms with E-state index in [1.54, 1.807) is 0 Å². The van der Waals surface area contributed by atoms with Crippen LogP contribution in [0, 0.1) is 0 Å². The molecule has 2 N–H and O–H groups in total. The monoisotopic (exact) mass is 290 g/mol. The third-order valence-corrected chi connectivity index (χ3v) is 3.88. The van der Waals surface area contributed by atoms with Crippen LogP contribution in [0.15, 0.2) is 24.3 Å². The molecule has 0 saturated carbocycles. The largest absolute Gasteiger partial charge is 0.365 e. The zero-order chi connectivity index (χ0) is 15.2. The second kappa shape index (κ2) is 7.57. The molecule has 0 radical (unpaired) electrons. The highest BCUT2D eigenvalue weighted by Crippen LogP contribution is 2.22. The minimum Gasteiger partial charge on any atom is -0.365 e. The fourth-order valence-corrected chi connectivity index (χ4v) is 2.58. The molecule has 1 aliphatic heterocycles. The molecule has 1 heterocycles. The Morgan fingerprint density at radius 1 is 1.43 bits per heavy atom. The smallest absolute Gasteiger partial charge is 0.253 e. The standard InChI is InChI=1S/C17H26N2O2/c1-4-10-18-13(3)14-6-5-7-15(11-14)19-17(20)16-9-8-12(2)21-16/h5-7,11-13,16,18H,4,8-10H2,1-3H3,(H,19,20). The van der Waals surface area contributed by atoms with Gasteiger partial charge >= 0.3 is 0 Å². The van der Waals surface area contributed by atoms with Crippen molar-refractivity contribution >= 4 is 11.6 Å². The number of carbonyl (C=O) groups is 1. The summed E-state index contributed by atoms with van der Waals surface area (Å²) in [5, 5.41) is 6.42. The summed E-state index contributed by atoms with van der Waals surface area (Å²) in [5.41, 5.74) is 2.02. The van der Waals surface area contributed by atoms with Gasteiger partial charge in [0.25, 0.3) is 5.91 Å². The van der Waals surface area contributed by atoms with E-state index in [2.05, 4.69) is 30.5 Å². The van der Waals surface area contributed by atoms with Crippen LogP contribution in [-0.4, -0.2) is 24.7 Å². The van der Waals surface area contributed by atoms with Crippen LogP contribution in [0.1, 0.15) is 51.6 Å². The summed E-state index contributed by atoms with van der Waals surface area (Å²) in [6, 6.07) is 8.30. The third kappa shape index (κ3) is 4.55. The maximum absolute atomic E-state index is 12.2. The van der Waals surface area contributed by atoms with Crippen LogP contribution in [0.4, 0.5) is 5.69 Å². The van der Waals surface area contributed by atoms with Crippen molar-refractivity contribution in [2.75, 3.05) is 11.9 Å². The molecular weight excluding hydrogens is 264 g/mol. The minimum absolute atomic E-state index is 0.0364. The molecule has 0 aliphatic carbocycles. The van der Waals surface area contributed by atoms with Crippen molar-refractivity contribution < 1.29 is 9.53 Å². The Hall–Kier alpha value is -1.39. The third-order valence-electron chi connectivity index (χ3n) is 3.88. The summed E-state index contributed by atoms with van der Waals surface area (Å²) in [6.45, 7) is 7.29. The SMILES string of the molecule is CCCNC(C)c1cccc(NC(=O)C2CCC(C)O2)c1. The van der Waals surface area contributed by atoms with E-state index in [0.29, 0.717) is 0 Å². The molecule has 4 heteroatoms. The Labute approximate surface area is 127 Å². The van der Waals surface area contributed by atoms with Crippen molar-refractivity contribution in [2.45, 2.75) is 58.3 Å². The summed E-state index contributed by atoms with van der Waals surface area (Å²) in [5.74, 6) is -0.0364. The van der Waals surface area contributed by atoms with Gasteiger partial charge in [0.1, 0.15) is 6.10 Å². The molecular formula is C17H26N2O2. The molecule has 3 unspecified atom stereocenters. The van der Waals surface area contributed by atoms with Gasteiger partial charge in [0.2, 0.25) is 0 Å². The molecule has 3 atom stereocenters. The number of rotatable bonds is 6.